The molecule has 3 aliphatic rings. The fourth-order valence-corrected chi connectivity index (χ4v) is 4.16. The molecule has 0 bridgehead atoms. The summed E-state index contributed by atoms with van der Waals surface area (Å²) in [6, 6.07) is 2.04. The van der Waals surface area contributed by atoms with E-state index >= 15 is 0 Å². The average molecular weight is 320 g/mol. The Morgan fingerprint density at radius 1 is 1.39 bits per heavy atom. The van der Waals surface area contributed by atoms with E-state index in [-0.39, 0.29) is 5.41 Å². The Bertz CT molecular complexity index is 528. The van der Waals surface area contributed by atoms with E-state index in [4.69, 9.17) is 14.0 Å². The molecule has 23 heavy (non-hydrogen) atoms. The van der Waals surface area contributed by atoms with Gasteiger partial charge in [-0.2, -0.15) is 0 Å². The number of rotatable bonds is 6. The number of hydrogen-bond donors (Lipinski definition) is 0. The number of nitrogens with zero attached hydrogens (tertiary/aromatic N) is 2. The van der Waals surface area contributed by atoms with Crippen LogP contribution in [-0.2, 0) is 16.0 Å². The maximum absolute atomic E-state index is 6.12. The molecule has 128 valence electrons. The van der Waals surface area contributed by atoms with Crippen molar-refractivity contribution in [3.8, 4) is 0 Å². The minimum absolute atomic E-state index is 0.171. The Morgan fingerprint density at radius 2 is 2.30 bits per heavy atom. The van der Waals surface area contributed by atoms with Crippen LogP contribution < -0.4 is 0 Å². The van der Waals surface area contributed by atoms with Crippen LogP contribution in [0.4, 0.5) is 0 Å². The van der Waals surface area contributed by atoms with Gasteiger partial charge in [-0.1, -0.05) is 5.16 Å². The van der Waals surface area contributed by atoms with Crippen LogP contribution in [0.25, 0.3) is 0 Å². The van der Waals surface area contributed by atoms with Gasteiger partial charge in [0, 0.05) is 44.3 Å². The third-order valence-corrected chi connectivity index (χ3v) is 5.57. The molecule has 2 atom stereocenters. The summed E-state index contributed by atoms with van der Waals surface area (Å²) in [5, 5.41) is 4.15. The molecule has 1 saturated carbocycles. The second-order valence-electron chi connectivity index (χ2n) is 7.71. The maximum atomic E-state index is 6.12. The van der Waals surface area contributed by atoms with Crippen molar-refractivity contribution < 1.29 is 14.0 Å². The summed E-state index contributed by atoms with van der Waals surface area (Å²) in [6.07, 6.45) is 6.54. The standard InChI is InChI=1S/C18H28N2O3/c1-14-9-16(19-23-14)10-20-7-5-17-18(12-20,6-2-8-22-17)13-21-11-15-3-4-15/h9,15,17H,2-8,10-13H2,1H3/t17-,18-/m1/s1. The van der Waals surface area contributed by atoms with Crippen molar-refractivity contribution in [2.24, 2.45) is 11.3 Å². The molecule has 1 aromatic heterocycles. The molecule has 3 fully saturated rings. The third-order valence-electron chi connectivity index (χ3n) is 5.57. The molecule has 5 heteroatoms. The summed E-state index contributed by atoms with van der Waals surface area (Å²) in [5.74, 6) is 1.71. The van der Waals surface area contributed by atoms with E-state index in [1.807, 2.05) is 13.0 Å². The molecule has 0 radical (unpaired) electrons. The van der Waals surface area contributed by atoms with Crippen molar-refractivity contribution in [1.82, 2.24) is 10.1 Å². The molecule has 1 aliphatic carbocycles. The van der Waals surface area contributed by atoms with Crippen molar-refractivity contribution in [1.29, 1.82) is 0 Å². The molecular formula is C18H28N2O3. The van der Waals surface area contributed by atoms with Gasteiger partial charge in [-0.05, 0) is 44.9 Å². The average Bonchev–Trinajstić information content (AvgIpc) is 3.28. The molecule has 0 N–H and O–H groups in total. The third kappa shape index (κ3) is 3.62. The van der Waals surface area contributed by atoms with Crippen LogP contribution >= 0.6 is 0 Å². The number of fused-ring (bicyclic) bond motifs is 1. The van der Waals surface area contributed by atoms with Gasteiger partial charge in [0.05, 0.1) is 18.4 Å². The summed E-state index contributed by atoms with van der Waals surface area (Å²) >= 11 is 0. The van der Waals surface area contributed by atoms with Crippen molar-refractivity contribution in [3.05, 3.63) is 17.5 Å². The van der Waals surface area contributed by atoms with Gasteiger partial charge < -0.3 is 14.0 Å². The van der Waals surface area contributed by atoms with Gasteiger partial charge in [0.15, 0.2) is 0 Å². The Labute approximate surface area is 138 Å². The number of hydrogen-bond acceptors (Lipinski definition) is 5. The SMILES string of the molecule is Cc1cc(CN2CC[C@H]3OCCC[C@]3(COCC3CC3)C2)no1. The van der Waals surface area contributed by atoms with Crippen molar-refractivity contribution in [3.63, 3.8) is 0 Å². The highest BCUT2D eigenvalue weighted by atomic mass is 16.5. The van der Waals surface area contributed by atoms with Gasteiger partial charge in [0.1, 0.15) is 5.76 Å². The molecule has 0 amide bonds. The first kappa shape index (κ1) is 15.6. The predicted molar refractivity (Wildman–Crippen MR) is 86.1 cm³/mol. The summed E-state index contributed by atoms with van der Waals surface area (Å²) in [7, 11) is 0. The summed E-state index contributed by atoms with van der Waals surface area (Å²) < 4.78 is 17.4. The second-order valence-corrected chi connectivity index (χ2v) is 7.71. The van der Waals surface area contributed by atoms with E-state index in [1.54, 1.807) is 0 Å². The first-order chi connectivity index (χ1) is 11.2. The molecule has 3 heterocycles. The molecule has 5 nitrogen and oxygen atoms in total. The fourth-order valence-electron chi connectivity index (χ4n) is 4.16. The highest BCUT2D eigenvalue weighted by molar-refractivity contribution is 5.05. The molecule has 2 aliphatic heterocycles. The number of likely N-dealkylation sites (tertiary alicyclic amines) is 1. The van der Waals surface area contributed by atoms with E-state index in [1.165, 1.54) is 19.3 Å². The van der Waals surface area contributed by atoms with Crippen LogP contribution in [0.2, 0.25) is 0 Å². The lowest BCUT2D eigenvalue weighted by molar-refractivity contribution is -0.154. The quantitative estimate of drug-likeness (QED) is 0.806. The van der Waals surface area contributed by atoms with Crippen molar-refractivity contribution in [2.75, 3.05) is 32.9 Å². The van der Waals surface area contributed by atoms with E-state index in [2.05, 4.69) is 10.1 Å². The Hall–Kier alpha value is -0.910. The van der Waals surface area contributed by atoms with Crippen LogP contribution in [0.1, 0.15) is 43.6 Å². The van der Waals surface area contributed by atoms with E-state index in [9.17, 15) is 0 Å². The van der Waals surface area contributed by atoms with Gasteiger partial charge in [0.25, 0.3) is 0 Å². The number of ether oxygens (including phenoxy) is 2. The lowest BCUT2D eigenvalue weighted by Gasteiger charge is -2.50. The van der Waals surface area contributed by atoms with Gasteiger partial charge in [0.2, 0.25) is 0 Å². The summed E-state index contributed by atoms with van der Waals surface area (Å²) in [5.41, 5.74) is 1.20. The first-order valence-corrected chi connectivity index (χ1v) is 9.07. The van der Waals surface area contributed by atoms with Crippen LogP contribution in [0, 0.1) is 18.3 Å². The fraction of sp³-hybridized carbons (Fsp3) is 0.833. The molecule has 0 aromatic carbocycles. The molecule has 0 unspecified atom stereocenters. The smallest absolute Gasteiger partial charge is 0.133 e. The highest BCUT2D eigenvalue weighted by Gasteiger charge is 2.46. The van der Waals surface area contributed by atoms with Gasteiger partial charge in [-0.25, -0.2) is 0 Å². The zero-order chi connectivity index (χ0) is 15.7. The molecule has 1 aromatic rings. The van der Waals surface area contributed by atoms with Crippen LogP contribution in [0.15, 0.2) is 10.6 Å². The topological polar surface area (TPSA) is 47.7 Å². The lowest BCUT2D eigenvalue weighted by Crippen LogP contribution is -2.56. The van der Waals surface area contributed by atoms with Crippen LogP contribution in [0.3, 0.4) is 0 Å². The summed E-state index contributed by atoms with van der Waals surface area (Å²) in [4.78, 5) is 2.50. The first-order valence-electron chi connectivity index (χ1n) is 9.07. The van der Waals surface area contributed by atoms with E-state index < -0.39 is 0 Å². The number of aryl methyl sites for hydroxylation is 1. The maximum Gasteiger partial charge on any atom is 0.133 e. The molecule has 2 saturated heterocycles. The lowest BCUT2D eigenvalue weighted by atomic mass is 9.73. The predicted octanol–water partition coefficient (Wildman–Crippen LogP) is 2.78. The molecule has 4 rings (SSSR count). The Kier molecular flexibility index (Phi) is 4.43. The minimum atomic E-state index is 0.171. The van der Waals surface area contributed by atoms with Crippen molar-refractivity contribution in [2.45, 2.75) is 51.7 Å². The Balaban J connectivity index is 1.40. The van der Waals surface area contributed by atoms with E-state index in [0.29, 0.717) is 6.10 Å². The zero-order valence-electron chi connectivity index (χ0n) is 14.1. The second kappa shape index (κ2) is 6.54. The minimum Gasteiger partial charge on any atom is -0.380 e. The van der Waals surface area contributed by atoms with Gasteiger partial charge >= 0.3 is 0 Å². The summed E-state index contributed by atoms with van der Waals surface area (Å²) in [6.45, 7) is 7.64. The number of piperidine rings is 1. The zero-order valence-corrected chi connectivity index (χ0v) is 14.1. The van der Waals surface area contributed by atoms with Crippen molar-refractivity contribution >= 4 is 0 Å². The van der Waals surface area contributed by atoms with Crippen LogP contribution in [-0.4, -0.2) is 49.1 Å². The number of aromatic nitrogens is 1. The van der Waals surface area contributed by atoms with Gasteiger partial charge in [-0.15, -0.1) is 0 Å². The van der Waals surface area contributed by atoms with Crippen LogP contribution in [0.5, 0.6) is 0 Å². The van der Waals surface area contributed by atoms with E-state index in [0.717, 1.165) is 69.7 Å². The Morgan fingerprint density at radius 3 is 3.09 bits per heavy atom. The van der Waals surface area contributed by atoms with Gasteiger partial charge in [-0.3, -0.25) is 4.90 Å². The normalized spacial score (nSPS) is 32.0. The largest absolute Gasteiger partial charge is 0.380 e. The highest BCUT2D eigenvalue weighted by Crippen LogP contribution is 2.41. The monoisotopic (exact) mass is 320 g/mol. The molecular weight excluding hydrogens is 292 g/mol. The molecule has 0 spiro atoms.